The van der Waals surface area contributed by atoms with Crippen LogP contribution in [0.25, 0.3) is 0 Å². The summed E-state index contributed by atoms with van der Waals surface area (Å²) in [6.07, 6.45) is 13.9. The Morgan fingerprint density at radius 2 is 0.388 bits per heavy atom. The van der Waals surface area contributed by atoms with Crippen molar-refractivity contribution in [1.29, 1.82) is 0 Å². The summed E-state index contributed by atoms with van der Waals surface area (Å²) in [5, 5.41) is 44.4. The zero-order valence-electron chi connectivity index (χ0n) is 69.3. The van der Waals surface area contributed by atoms with Gasteiger partial charge in [0.1, 0.15) is 111 Å². The number of anilines is 2. The average molecular weight is 1980 g/mol. The average Bonchev–Trinajstić information content (AvgIpc) is 0.819. The van der Waals surface area contributed by atoms with Crippen LogP contribution in [-0.2, 0) is 51.2 Å². The standard InChI is InChI=1S/3C25H22P2.2C15H9N2O3.ClHO4.3Cu/c3*1-5-13-22(14-6-1)26(23-15-7-2-8-16-23)21-27(24-17-9-3-10-18-24)25-19-11-4-12-20-25;2*1-2-11-3-7-13(8-4-11)16-15(18)12-5-9-14(10-6-12)17(19)20;2-1(3,4)5;;;/h3*1-20H,21H2;2*3-10H,(H,16,18);(H,2,3,4,5);;;/q;;;2*-1;;3*+1/p+5. The van der Waals surface area contributed by atoms with E-state index in [2.05, 4.69) is 386 Å². The van der Waals surface area contributed by atoms with Gasteiger partial charge in [-0.3, -0.25) is 41.7 Å². The molecule has 654 valence electrons. The van der Waals surface area contributed by atoms with E-state index in [9.17, 15) is 29.8 Å². The number of hydrogen-bond acceptors (Lipinski definition) is 10. The van der Waals surface area contributed by atoms with Crippen LogP contribution in [0.15, 0.2) is 461 Å². The topological polar surface area (TPSA) is 237 Å². The SMILES string of the molecule is [C-]#Cc1ccc(NC(=O)c2ccc([N+](=O)[O-])cc2)cc1.[C-]#Cc1ccc(NC(=O)c2ccc([N+](=O)[O-])cc2)cc1.[Cu+].[Cu+].[Cu+].[O-][Cl+3]([O-])([O-])[O-].c1ccc([PH+](C[PH+](c2ccccc2)c2ccccc2)c2ccccc2)cc1.c1ccc([PH+](C[PH+](c2ccccc2)c2ccccc2)c2ccccc2)cc1.c1ccc([PH+](C[PH+](c2ccccc2)c2ccccc2)c2ccccc2)cc1. The fraction of sp³-hybridized carbons (Fsp3) is 0.0286. The predicted octanol–water partition coefficient (Wildman–Crippen LogP) is 14.8. The van der Waals surface area contributed by atoms with E-state index >= 15 is 0 Å². The first kappa shape index (κ1) is 103. The molecular formula is C105H90ClCu3N4O10P6+6. The molecule has 0 saturated carbocycles. The zero-order chi connectivity index (χ0) is 88.5. The van der Waals surface area contributed by atoms with Crippen molar-refractivity contribution in [3.63, 3.8) is 0 Å². The molecule has 0 aromatic heterocycles. The second kappa shape index (κ2) is 55.5. The molecule has 16 aromatic rings. The van der Waals surface area contributed by atoms with E-state index in [0.717, 1.165) is 0 Å². The van der Waals surface area contributed by atoms with Crippen LogP contribution in [-0.4, -0.2) is 39.4 Å². The molecule has 0 spiro atoms. The number of carbonyl (C=O) groups excluding carboxylic acids is 2. The van der Waals surface area contributed by atoms with Gasteiger partial charge in [-0.25, -0.2) is 18.6 Å². The van der Waals surface area contributed by atoms with E-state index in [1.54, 1.807) is 48.5 Å². The summed E-state index contributed by atoms with van der Waals surface area (Å²) < 4.78 is 34.0. The Balaban J connectivity index is 0.000000196. The van der Waals surface area contributed by atoms with Crippen molar-refractivity contribution < 1.29 is 99.5 Å². The molecule has 24 heteroatoms. The van der Waals surface area contributed by atoms with Crippen LogP contribution in [0.4, 0.5) is 22.7 Å². The van der Waals surface area contributed by atoms with E-state index in [1.807, 2.05) is 0 Å². The van der Waals surface area contributed by atoms with Crippen molar-refractivity contribution in [2.45, 2.75) is 0 Å². The Kier molecular flexibility index (Phi) is 44.3. The molecule has 0 heterocycles. The van der Waals surface area contributed by atoms with Gasteiger partial charge in [-0.2, -0.15) is 0 Å². The maximum atomic E-state index is 11.9. The summed E-state index contributed by atoms with van der Waals surface area (Å²) >= 11 is 0. The molecule has 0 atom stereocenters. The maximum absolute atomic E-state index is 11.9. The monoisotopic (exact) mass is 1980 g/mol. The van der Waals surface area contributed by atoms with E-state index in [4.69, 9.17) is 31.5 Å². The van der Waals surface area contributed by atoms with E-state index in [-0.39, 0.29) is 74.4 Å². The second-order valence-electron chi connectivity index (χ2n) is 28.1. The van der Waals surface area contributed by atoms with Crippen LogP contribution in [0.1, 0.15) is 31.8 Å². The Morgan fingerprint density at radius 3 is 0.512 bits per heavy atom. The third kappa shape index (κ3) is 33.9. The van der Waals surface area contributed by atoms with Crippen molar-refractivity contribution in [3.8, 4) is 11.8 Å². The quantitative estimate of drug-likeness (QED) is 0.0145. The number of nitrogens with one attached hydrogen (secondary N) is 2. The molecule has 0 aliphatic heterocycles. The van der Waals surface area contributed by atoms with Crippen LogP contribution in [0.2, 0.25) is 0 Å². The van der Waals surface area contributed by atoms with Crippen LogP contribution in [0, 0.1) is 55.2 Å². The Morgan fingerprint density at radius 1 is 0.248 bits per heavy atom. The normalized spacial score (nSPS) is 10.4. The van der Waals surface area contributed by atoms with Crippen molar-refractivity contribution in [1.82, 2.24) is 0 Å². The number of nitro groups is 2. The number of halogens is 1. The molecule has 0 fully saturated rings. The van der Waals surface area contributed by atoms with Gasteiger partial charge in [-0.05, 0) is 170 Å². The van der Waals surface area contributed by atoms with Crippen LogP contribution >= 0.6 is 47.5 Å². The molecule has 0 unspecified atom stereocenters. The minimum Gasteiger partial charge on any atom is -0.366 e. The molecule has 129 heavy (non-hydrogen) atoms. The summed E-state index contributed by atoms with van der Waals surface area (Å²) in [5.41, 5.74) is 2.91. The van der Waals surface area contributed by atoms with Gasteiger partial charge in [-0.1, -0.05) is 243 Å². The molecule has 2 N–H and O–H groups in total. The number of nitrogens with zero attached hydrogens (tertiary/aromatic N) is 2. The zero-order valence-corrected chi connectivity index (χ0v) is 78.8. The number of hydrogen-bond donors (Lipinski definition) is 2. The number of rotatable bonds is 24. The molecule has 16 aromatic carbocycles. The summed E-state index contributed by atoms with van der Waals surface area (Å²) in [7, 11) is -10.0. The molecule has 0 radical (unpaired) electrons. The molecular weight excluding hydrogens is 1890 g/mol. The van der Waals surface area contributed by atoms with Gasteiger partial charge in [0.25, 0.3) is 23.2 Å². The van der Waals surface area contributed by atoms with Gasteiger partial charge in [0, 0.05) is 46.8 Å². The van der Waals surface area contributed by atoms with Gasteiger partial charge in [0.2, 0.25) is 0 Å². The third-order valence-corrected chi connectivity index (χ3v) is 40.6. The van der Waals surface area contributed by atoms with Crippen LogP contribution in [0.3, 0.4) is 0 Å². The molecule has 0 aliphatic carbocycles. The summed E-state index contributed by atoms with van der Waals surface area (Å²) in [6.45, 7) is 0. The minimum absolute atomic E-state index is 0. The Bertz CT molecular complexity index is 5070. The molecule has 0 saturated heterocycles. The van der Waals surface area contributed by atoms with Crippen LogP contribution < -0.4 is 92.9 Å². The minimum atomic E-state index is -4.94. The number of benzene rings is 16. The van der Waals surface area contributed by atoms with Crippen molar-refractivity contribution in [3.05, 3.63) is 516 Å². The summed E-state index contributed by atoms with van der Waals surface area (Å²) in [6, 6.07) is 157. The number of amides is 2. The Hall–Kier alpha value is -11.4. The predicted molar refractivity (Wildman–Crippen MR) is 525 cm³/mol. The second-order valence-corrected chi connectivity index (χ2v) is 45.8. The number of non-ortho nitro benzene ring substituents is 2. The van der Waals surface area contributed by atoms with Crippen molar-refractivity contribution in [2.24, 2.45) is 0 Å². The maximum Gasteiger partial charge on any atom is 1.00 e. The van der Waals surface area contributed by atoms with Crippen LogP contribution in [0.5, 0.6) is 0 Å². The summed E-state index contributed by atoms with van der Waals surface area (Å²) in [5.74, 6) is 7.49. The molecule has 16 rings (SSSR count). The van der Waals surface area contributed by atoms with Gasteiger partial charge >= 0.3 is 51.2 Å². The van der Waals surface area contributed by atoms with Crippen molar-refractivity contribution >= 4 is 146 Å². The Labute approximate surface area is 795 Å². The third-order valence-electron chi connectivity index (χ3n) is 19.8. The number of nitro benzene ring substituents is 2. The van der Waals surface area contributed by atoms with Gasteiger partial charge < -0.3 is 23.5 Å². The smallest absolute Gasteiger partial charge is 0.366 e. The van der Waals surface area contributed by atoms with E-state index < -0.39 is 67.6 Å². The molecule has 0 aliphatic rings. The first-order valence-corrected chi connectivity index (χ1v) is 51.5. The first-order chi connectivity index (χ1) is 61.4. The first-order valence-electron chi connectivity index (χ1n) is 40.0. The van der Waals surface area contributed by atoms with Crippen molar-refractivity contribution in [2.75, 3.05) is 28.3 Å². The van der Waals surface area contributed by atoms with Gasteiger partial charge in [0.15, 0.2) is 17.7 Å². The van der Waals surface area contributed by atoms with Gasteiger partial charge in [-0.15, -0.1) is 45.6 Å². The molecule has 0 bridgehead atoms. The fourth-order valence-corrected chi connectivity index (χ4v) is 36.8. The number of carbonyl (C=O) groups is 2. The fourth-order valence-electron chi connectivity index (χ4n) is 13.6. The summed E-state index contributed by atoms with van der Waals surface area (Å²) in [4.78, 5) is 43.8. The largest absolute Gasteiger partial charge is 1.00 e. The molecule has 2 amide bonds. The van der Waals surface area contributed by atoms with E-state index in [0.29, 0.717) is 33.6 Å². The van der Waals surface area contributed by atoms with Gasteiger partial charge in [0.05, 0.1) is 9.85 Å². The molecule has 14 nitrogen and oxygen atoms in total. The van der Waals surface area contributed by atoms with E-state index in [1.165, 1.54) is 130 Å².